The third kappa shape index (κ3) is 3.82. The van der Waals surface area contributed by atoms with Crippen molar-refractivity contribution < 1.29 is 19.1 Å². The quantitative estimate of drug-likeness (QED) is 0.580. The van der Waals surface area contributed by atoms with E-state index in [9.17, 15) is 9.59 Å². The molecule has 0 radical (unpaired) electrons. The number of nitrogens with zero attached hydrogens (tertiary/aromatic N) is 2. The van der Waals surface area contributed by atoms with Gasteiger partial charge in [0.15, 0.2) is 17.3 Å². The van der Waals surface area contributed by atoms with Crippen LogP contribution in [0.2, 0.25) is 0 Å². The van der Waals surface area contributed by atoms with Crippen LogP contribution in [0.1, 0.15) is 34.9 Å². The van der Waals surface area contributed by atoms with Gasteiger partial charge in [-0.15, -0.1) is 0 Å². The smallest absolute Gasteiger partial charge is 0.251 e. The summed E-state index contributed by atoms with van der Waals surface area (Å²) in [5.74, 6) is 2.40. The first-order valence-corrected chi connectivity index (χ1v) is 9.66. The zero-order valence-corrected chi connectivity index (χ0v) is 16.0. The molecule has 9 heteroatoms. The second kappa shape index (κ2) is 7.51. The molecule has 0 saturated heterocycles. The van der Waals surface area contributed by atoms with Gasteiger partial charge < -0.3 is 20.1 Å². The molecule has 3 aromatic rings. The first kappa shape index (κ1) is 18.2. The molecule has 1 fully saturated rings. The van der Waals surface area contributed by atoms with Gasteiger partial charge in [-0.1, -0.05) is 12.1 Å². The van der Waals surface area contributed by atoms with E-state index in [1.54, 1.807) is 30.3 Å². The topological polar surface area (TPSA) is 118 Å². The lowest BCUT2D eigenvalue weighted by atomic mass is 10.2. The van der Waals surface area contributed by atoms with Gasteiger partial charge in [0, 0.05) is 22.7 Å². The van der Waals surface area contributed by atoms with Gasteiger partial charge in [0.1, 0.15) is 5.82 Å². The molecule has 2 heterocycles. The van der Waals surface area contributed by atoms with Gasteiger partial charge in [-0.2, -0.15) is 5.10 Å². The maximum atomic E-state index is 12.3. The average molecular weight is 405 g/mol. The van der Waals surface area contributed by atoms with Crippen LogP contribution in [0.15, 0.2) is 42.5 Å². The number of fused-ring (bicyclic) bond motifs is 1. The van der Waals surface area contributed by atoms with Crippen molar-refractivity contribution >= 4 is 17.5 Å². The zero-order chi connectivity index (χ0) is 20.5. The lowest BCUT2D eigenvalue weighted by molar-refractivity contribution is -0.115. The van der Waals surface area contributed by atoms with Crippen molar-refractivity contribution in [3.63, 3.8) is 0 Å². The summed E-state index contributed by atoms with van der Waals surface area (Å²) in [5.41, 5.74) is 1.80. The number of carbonyl (C=O) groups is 2. The number of hydrogen-bond acceptors (Lipinski definition) is 6. The maximum Gasteiger partial charge on any atom is 0.251 e. The molecule has 0 spiro atoms. The van der Waals surface area contributed by atoms with Crippen LogP contribution in [0.25, 0.3) is 11.4 Å². The minimum absolute atomic E-state index is 0.136. The van der Waals surface area contributed by atoms with Crippen LogP contribution in [0.5, 0.6) is 11.5 Å². The van der Waals surface area contributed by atoms with E-state index >= 15 is 0 Å². The second-order valence-electron chi connectivity index (χ2n) is 7.20. The number of anilines is 1. The number of rotatable bonds is 6. The molecule has 1 aliphatic carbocycles. The molecule has 1 aliphatic heterocycles. The highest BCUT2D eigenvalue weighted by Crippen LogP contribution is 2.38. The molecule has 152 valence electrons. The molecule has 1 saturated carbocycles. The van der Waals surface area contributed by atoms with E-state index in [2.05, 4.69) is 25.8 Å². The van der Waals surface area contributed by atoms with E-state index in [1.807, 2.05) is 12.1 Å². The number of ether oxygens (including phenoxy) is 2. The minimum atomic E-state index is -0.370. The van der Waals surface area contributed by atoms with Crippen molar-refractivity contribution in [1.82, 2.24) is 20.5 Å². The van der Waals surface area contributed by atoms with Gasteiger partial charge >= 0.3 is 0 Å². The fourth-order valence-corrected chi connectivity index (χ4v) is 3.18. The van der Waals surface area contributed by atoms with E-state index < -0.39 is 0 Å². The highest BCUT2D eigenvalue weighted by Gasteiger charge is 2.27. The molecule has 2 aliphatic rings. The number of aromatic amines is 1. The molecule has 2 amide bonds. The van der Waals surface area contributed by atoms with Crippen LogP contribution in [-0.4, -0.2) is 40.3 Å². The zero-order valence-electron chi connectivity index (χ0n) is 16.0. The maximum absolute atomic E-state index is 12.3. The van der Waals surface area contributed by atoms with Crippen LogP contribution in [-0.2, 0) is 4.79 Å². The summed E-state index contributed by atoms with van der Waals surface area (Å²) in [7, 11) is 0. The molecule has 30 heavy (non-hydrogen) atoms. The van der Waals surface area contributed by atoms with E-state index in [0.29, 0.717) is 34.5 Å². The van der Waals surface area contributed by atoms with E-state index in [0.717, 1.165) is 24.2 Å². The Labute approximate surface area is 171 Å². The number of hydrogen-bond donors (Lipinski definition) is 3. The molecule has 0 unspecified atom stereocenters. The minimum Gasteiger partial charge on any atom is -0.454 e. The predicted octanol–water partition coefficient (Wildman–Crippen LogP) is 2.45. The fraction of sp³-hybridized carbons (Fsp3) is 0.238. The molecule has 5 rings (SSSR count). The Morgan fingerprint density at radius 1 is 1.10 bits per heavy atom. The van der Waals surface area contributed by atoms with Gasteiger partial charge in [0.25, 0.3) is 5.91 Å². The fourth-order valence-electron chi connectivity index (χ4n) is 3.18. The number of amides is 2. The van der Waals surface area contributed by atoms with Gasteiger partial charge in [0.2, 0.25) is 12.7 Å². The third-order valence-corrected chi connectivity index (χ3v) is 4.92. The molecular weight excluding hydrogens is 386 g/mol. The van der Waals surface area contributed by atoms with Crippen LogP contribution < -0.4 is 20.1 Å². The monoisotopic (exact) mass is 405 g/mol. The highest BCUT2D eigenvalue weighted by molar-refractivity contribution is 5.99. The largest absolute Gasteiger partial charge is 0.454 e. The Balaban J connectivity index is 1.18. The standard InChI is InChI=1S/C21H19N5O4/c27-18(10-22-21(28)14-6-7-16-17(9-14)30-11-29-16)23-15-3-1-2-13(8-15)20-24-19(25-26-20)12-4-5-12/h1-3,6-9,12H,4-5,10-11H2,(H,22,28)(H,23,27)(H,24,25,26). The number of nitrogens with one attached hydrogen (secondary N) is 3. The molecule has 1 aromatic heterocycles. The van der Waals surface area contributed by atoms with Gasteiger partial charge in [0.05, 0.1) is 6.54 Å². The summed E-state index contributed by atoms with van der Waals surface area (Å²) < 4.78 is 10.5. The van der Waals surface area contributed by atoms with Crippen LogP contribution in [0.4, 0.5) is 5.69 Å². The number of benzene rings is 2. The Morgan fingerprint density at radius 3 is 2.83 bits per heavy atom. The van der Waals surface area contributed by atoms with E-state index in [1.165, 1.54) is 0 Å². The van der Waals surface area contributed by atoms with Crippen molar-refractivity contribution in [1.29, 1.82) is 0 Å². The summed E-state index contributed by atoms with van der Waals surface area (Å²) in [6, 6.07) is 12.2. The predicted molar refractivity (Wildman–Crippen MR) is 107 cm³/mol. The van der Waals surface area contributed by atoms with Crippen molar-refractivity contribution in [2.45, 2.75) is 18.8 Å². The molecular formula is C21H19N5O4. The van der Waals surface area contributed by atoms with Crippen molar-refractivity contribution in [3.05, 3.63) is 53.9 Å². The van der Waals surface area contributed by atoms with E-state index in [4.69, 9.17) is 9.47 Å². The Morgan fingerprint density at radius 2 is 1.97 bits per heavy atom. The summed E-state index contributed by atoms with van der Waals surface area (Å²) in [6.07, 6.45) is 2.28. The van der Waals surface area contributed by atoms with Crippen molar-refractivity contribution in [2.75, 3.05) is 18.7 Å². The van der Waals surface area contributed by atoms with Gasteiger partial charge in [-0.05, 0) is 43.2 Å². The van der Waals surface area contributed by atoms with Gasteiger partial charge in [-0.25, -0.2) is 4.98 Å². The van der Waals surface area contributed by atoms with Crippen LogP contribution >= 0.6 is 0 Å². The number of H-pyrrole nitrogens is 1. The molecule has 3 N–H and O–H groups in total. The molecule has 2 aromatic carbocycles. The Kier molecular flexibility index (Phi) is 4.55. The average Bonchev–Trinajstić information content (AvgIpc) is 3.30. The number of aromatic nitrogens is 3. The summed E-state index contributed by atoms with van der Waals surface area (Å²) in [6.45, 7) is -0.0262. The Hall–Kier alpha value is -3.88. The van der Waals surface area contributed by atoms with E-state index in [-0.39, 0.29) is 25.2 Å². The highest BCUT2D eigenvalue weighted by atomic mass is 16.7. The van der Waals surface area contributed by atoms with Crippen molar-refractivity contribution in [2.24, 2.45) is 0 Å². The van der Waals surface area contributed by atoms with Crippen LogP contribution in [0.3, 0.4) is 0 Å². The van der Waals surface area contributed by atoms with Crippen LogP contribution in [0, 0.1) is 0 Å². The SMILES string of the molecule is O=C(CNC(=O)c1ccc2c(c1)OCO2)Nc1cccc(-c2n[nH]c(C3CC3)n2)c1. The molecule has 9 nitrogen and oxygen atoms in total. The van der Waals surface area contributed by atoms with Gasteiger partial charge in [-0.3, -0.25) is 14.7 Å². The summed E-state index contributed by atoms with van der Waals surface area (Å²) >= 11 is 0. The third-order valence-electron chi connectivity index (χ3n) is 4.92. The lowest BCUT2D eigenvalue weighted by Crippen LogP contribution is -2.32. The van der Waals surface area contributed by atoms with Crippen molar-refractivity contribution in [3.8, 4) is 22.9 Å². The summed E-state index contributed by atoms with van der Waals surface area (Å²) in [4.78, 5) is 29.1. The molecule has 0 atom stereocenters. The second-order valence-corrected chi connectivity index (χ2v) is 7.20. The first-order chi connectivity index (χ1) is 14.7. The molecule has 0 bridgehead atoms. The lowest BCUT2D eigenvalue weighted by Gasteiger charge is -2.08. The summed E-state index contributed by atoms with van der Waals surface area (Å²) in [5, 5.41) is 12.6. The first-order valence-electron chi connectivity index (χ1n) is 9.66. The Bertz CT molecular complexity index is 1120. The number of carbonyl (C=O) groups excluding carboxylic acids is 2. The normalized spacial score (nSPS) is 14.4.